The highest BCUT2D eigenvalue weighted by atomic mass is 31.2. The van der Waals surface area contributed by atoms with Crippen molar-refractivity contribution in [1.29, 1.82) is 0 Å². The van der Waals surface area contributed by atoms with E-state index in [9.17, 15) is 34.2 Å². The number of nitrogens with zero attached hydrogens (tertiary/aromatic N) is 1. The molecule has 1 saturated carbocycles. The van der Waals surface area contributed by atoms with E-state index in [-0.39, 0.29) is 36.4 Å². The highest BCUT2D eigenvalue weighted by Gasteiger charge is 2.57. The van der Waals surface area contributed by atoms with Crippen LogP contribution in [0.15, 0.2) is 108 Å². The number of esters is 1. The maximum Gasteiger partial charge on any atom is 0.329 e. The van der Waals surface area contributed by atoms with Gasteiger partial charge in [0, 0.05) is 75.0 Å². The molecule has 16 atom stereocenters. The summed E-state index contributed by atoms with van der Waals surface area (Å²) in [6.07, 6.45) is 10.2. The number of allylic oxidation sites excluding steroid dienone is 6. The smallest absolute Gasteiger partial charge is 0.329 e. The van der Waals surface area contributed by atoms with Crippen molar-refractivity contribution in [2.24, 2.45) is 41.4 Å². The highest BCUT2D eigenvalue weighted by Crippen LogP contribution is 2.50. The number of piperidine rings is 1. The number of rotatable bonds is 9. The van der Waals surface area contributed by atoms with Crippen LogP contribution in [0.1, 0.15) is 112 Å². The Labute approximate surface area is 461 Å². The number of ketones is 3. The average molecular weight is 1100 g/mol. The number of benzene rings is 2. The van der Waals surface area contributed by atoms with Crippen LogP contribution in [0, 0.1) is 41.4 Å². The number of hydrogen-bond donors (Lipinski definition) is 2. The van der Waals surface area contributed by atoms with Gasteiger partial charge in [-0.1, -0.05) is 101 Å². The minimum Gasteiger partial charge on any atom is -0.460 e. The third-order valence-electron chi connectivity index (χ3n) is 17.4. The second-order valence-electron chi connectivity index (χ2n) is 22.8. The van der Waals surface area contributed by atoms with E-state index in [1.54, 1.807) is 41.1 Å². The zero-order chi connectivity index (χ0) is 56.5. The van der Waals surface area contributed by atoms with Gasteiger partial charge in [-0.05, 0) is 125 Å². The molecular formula is C62H84NO14P. The van der Waals surface area contributed by atoms with Gasteiger partial charge in [0.25, 0.3) is 19.1 Å². The van der Waals surface area contributed by atoms with Crippen molar-refractivity contribution in [2.75, 3.05) is 27.9 Å². The number of methoxy groups -OCH3 is 3. The number of carbonyl (C=O) groups is 5. The molecule has 4 aliphatic heterocycles. The number of Topliss-reactive ketones (excluding diaryl/α,β-unsaturated/α-hetero) is 3. The molecule has 2 aromatic rings. The van der Waals surface area contributed by atoms with Gasteiger partial charge >= 0.3 is 5.97 Å². The molecule has 0 aromatic heterocycles. The summed E-state index contributed by atoms with van der Waals surface area (Å²) >= 11 is 0. The zero-order valence-corrected chi connectivity index (χ0v) is 48.0. The summed E-state index contributed by atoms with van der Waals surface area (Å²) in [6.45, 7) is 10.8. The highest BCUT2D eigenvalue weighted by molar-refractivity contribution is 7.74. The lowest BCUT2D eigenvalue weighted by molar-refractivity contribution is -0.266. The molecule has 6 unspecified atom stereocenters. The van der Waals surface area contributed by atoms with Crippen molar-refractivity contribution in [3.05, 3.63) is 108 Å². The second-order valence-corrected chi connectivity index (χ2v) is 25.2. The van der Waals surface area contributed by atoms with Crippen molar-refractivity contribution in [3.63, 3.8) is 0 Å². The number of aliphatic hydroxyl groups is 2. The Morgan fingerprint density at radius 2 is 1.45 bits per heavy atom. The molecule has 5 aliphatic rings. The number of fused-ring (bicyclic) bond motifs is 4. The van der Waals surface area contributed by atoms with Gasteiger partial charge in [-0.15, -0.1) is 0 Å². The SMILES string of the molecule is COC1CC2CC[C@@H](C)[C@@](O)(O2)C(=O)C(=O)N2CCC[C@@H]3C(C[C@@H]4CC[C@@H](OP(=O)(c5ccccc5)c5ccccc5)[C@H](OC)C4)C(CC(=O)C(C)/C=C(\C)[C@@H](O)[C@@H](OC)C(=O)[C@H](C)CC(C)/C=C/C=C/C=C1C)OC(=O)[C@H]32. The van der Waals surface area contributed by atoms with Gasteiger partial charge in [0.1, 0.15) is 30.1 Å². The third-order valence-corrected chi connectivity index (χ3v) is 19.9. The van der Waals surface area contributed by atoms with Gasteiger partial charge in [0.05, 0.1) is 24.4 Å². The number of carbonyl (C=O) groups excluding carboxylic acids is 5. The first-order valence-corrected chi connectivity index (χ1v) is 29.7. The van der Waals surface area contributed by atoms with Gasteiger partial charge in [-0.2, -0.15) is 0 Å². The van der Waals surface area contributed by atoms with Crippen molar-refractivity contribution >= 4 is 47.2 Å². The lowest BCUT2D eigenvalue weighted by atomic mass is 9.68. The van der Waals surface area contributed by atoms with E-state index < -0.39 is 109 Å². The molecule has 15 nitrogen and oxygen atoms in total. The van der Waals surface area contributed by atoms with Gasteiger partial charge in [0.15, 0.2) is 5.78 Å². The first-order valence-electron chi connectivity index (χ1n) is 28.1. The Bertz CT molecular complexity index is 2540. The molecule has 1 aliphatic carbocycles. The molecule has 3 saturated heterocycles. The van der Waals surface area contributed by atoms with Crippen molar-refractivity contribution in [2.45, 2.75) is 167 Å². The summed E-state index contributed by atoms with van der Waals surface area (Å²) in [5, 5.41) is 24.9. The van der Waals surface area contributed by atoms with Gasteiger partial charge in [-0.25, -0.2) is 4.79 Å². The molecule has 4 heterocycles. The predicted octanol–water partition coefficient (Wildman–Crippen LogP) is 8.35. The Kier molecular flexibility index (Phi) is 21.2. The number of aliphatic hydroxyl groups excluding tert-OH is 1. The first kappa shape index (κ1) is 60.9. The van der Waals surface area contributed by atoms with Crippen LogP contribution in [-0.4, -0.2) is 127 Å². The van der Waals surface area contributed by atoms with Crippen molar-refractivity contribution in [3.8, 4) is 0 Å². The standard InChI is InChI=1S/C62H84NO14P/c1-38-20-13-10-14-21-39(2)52(72-7)36-45-29-27-43(6)62(70,76-45)59(67)60(68)63-31-19-26-48-49(53(75-61(69)55(48)63)37-50(64)40(3)33-42(5)57(66)58(74-9)56(65)41(4)32-38)34-44-28-30-51(54(35-44)73-8)77-78(71,46-22-15-11-16-23-46)47-24-17-12-18-25-47/h10-18,20-25,33,38,40-41,43-45,48-49,51-55,57-58,66,70H,19,26-32,34-37H2,1-9H3/b14-10+,20-13+,39-21?,42-33+/t38?,40?,41-,43-,44+,45?,48-,49?,51-,52?,53?,54-,55+,57-,58+,62-/m1/s1. The van der Waals surface area contributed by atoms with Crippen LogP contribution in [-0.2, 0) is 56.7 Å². The lowest BCUT2D eigenvalue weighted by Crippen LogP contribution is -2.65. The fourth-order valence-corrected chi connectivity index (χ4v) is 15.0. The normalized spacial score (nSPS) is 37.0. The lowest BCUT2D eigenvalue weighted by Gasteiger charge is -2.50. The Morgan fingerprint density at radius 3 is 2.09 bits per heavy atom. The zero-order valence-electron chi connectivity index (χ0n) is 47.1. The van der Waals surface area contributed by atoms with E-state index in [2.05, 4.69) is 0 Å². The summed E-state index contributed by atoms with van der Waals surface area (Å²) in [4.78, 5) is 73.5. The molecule has 1 amide bonds. The fourth-order valence-electron chi connectivity index (χ4n) is 12.7. The average Bonchev–Trinajstić information content (AvgIpc) is 3.49. The second kappa shape index (κ2) is 27.2. The summed E-state index contributed by atoms with van der Waals surface area (Å²) in [5.41, 5.74) is 1.25. The molecule has 4 fully saturated rings. The third kappa shape index (κ3) is 13.9. The van der Waals surface area contributed by atoms with Crippen LogP contribution < -0.4 is 10.6 Å². The summed E-state index contributed by atoms with van der Waals surface area (Å²) in [6, 6.07) is 17.1. The quantitative estimate of drug-likeness (QED) is 0.105. The fraction of sp³-hybridized carbons (Fsp3) is 0.597. The van der Waals surface area contributed by atoms with E-state index in [4.69, 9.17) is 28.2 Å². The minimum atomic E-state index is -3.58. The molecule has 78 heavy (non-hydrogen) atoms. The maximum absolute atomic E-state index is 15.1. The Hall–Kier alpha value is -4.70. The van der Waals surface area contributed by atoms with Crippen LogP contribution in [0.5, 0.6) is 0 Å². The number of hydrogen-bond acceptors (Lipinski definition) is 14. The molecular weight excluding hydrogens is 1010 g/mol. The molecule has 426 valence electrons. The van der Waals surface area contributed by atoms with Crippen molar-refractivity contribution < 1.29 is 67.0 Å². The molecule has 7 rings (SSSR count). The molecule has 16 heteroatoms. The summed E-state index contributed by atoms with van der Waals surface area (Å²) < 4.78 is 52.1. The minimum absolute atomic E-state index is 0.00414. The Balaban J connectivity index is 1.20. The predicted molar refractivity (Wildman–Crippen MR) is 297 cm³/mol. The van der Waals surface area contributed by atoms with Gasteiger partial charge < -0.3 is 43.3 Å². The maximum atomic E-state index is 15.1. The van der Waals surface area contributed by atoms with E-state index in [1.165, 1.54) is 12.0 Å². The molecule has 2 N–H and O–H groups in total. The molecule has 0 radical (unpaired) electrons. The van der Waals surface area contributed by atoms with Crippen molar-refractivity contribution in [1.82, 2.24) is 4.90 Å². The topological polar surface area (TPSA) is 201 Å². The largest absolute Gasteiger partial charge is 0.460 e. The van der Waals surface area contributed by atoms with Gasteiger partial charge in [0.2, 0.25) is 5.79 Å². The summed E-state index contributed by atoms with van der Waals surface area (Å²) in [7, 11) is 0.987. The first-order chi connectivity index (χ1) is 37.2. The molecule has 2 aromatic carbocycles. The van der Waals surface area contributed by atoms with Crippen LogP contribution in [0.25, 0.3) is 0 Å². The summed E-state index contributed by atoms with van der Waals surface area (Å²) in [5.74, 6) is -8.93. The van der Waals surface area contributed by atoms with Crippen LogP contribution in [0.4, 0.5) is 0 Å². The number of amides is 1. The monoisotopic (exact) mass is 1100 g/mol. The van der Waals surface area contributed by atoms with Crippen LogP contribution in [0.2, 0.25) is 0 Å². The van der Waals surface area contributed by atoms with Crippen LogP contribution >= 0.6 is 7.37 Å². The van der Waals surface area contributed by atoms with Gasteiger partial charge in [-0.3, -0.25) is 23.7 Å². The van der Waals surface area contributed by atoms with E-state index in [0.717, 1.165) is 5.57 Å². The van der Waals surface area contributed by atoms with E-state index in [1.807, 2.05) is 112 Å². The molecule has 4 bridgehead atoms. The number of ether oxygens (including phenoxy) is 5. The Morgan fingerprint density at radius 1 is 0.769 bits per heavy atom. The molecule has 0 spiro atoms. The van der Waals surface area contributed by atoms with Crippen LogP contribution in [0.3, 0.4) is 0 Å². The van der Waals surface area contributed by atoms with E-state index in [0.29, 0.717) is 80.4 Å². The van der Waals surface area contributed by atoms with E-state index >= 15 is 4.57 Å².